The summed E-state index contributed by atoms with van der Waals surface area (Å²) in [6.07, 6.45) is 2.48. The SMILES string of the molecule is CCCNc1ncnc(Nc2cccc(C)n2)c1N. The second-order valence-electron chi connectivity index (χ2n) is 4.20. The van der Waals surface area contributed by atoms with Gasteiger partial charge in [-0.05, 0) is 25.5 Å². The van der Waals surface area contributed by atoms with Crippen molar-refractivity contribution in [2.45, 2.75) is 20.3 Å². The summed E-state index contributed by atoms with van der Waals surface area (Å²) in [5.41, 5.74) is 7.46. The lowest BCUT2D eigenvalue weighted by atomic mass is 10.3. The first-order valence-electron chi connectivity index (χ1n) is 6.25. The molecule has 0 spiro atoms. The summed E-state index contributed by atoms with van der Waals surface area (Å²) in [6, 6.07) is 5.73. The van der Waals surface area contributed by atoms with Gasteiger partial charge in [-0.2, -0.15) is 0 Å². The zero-order valence-electron chi connectivity index (χ0n) is 11.1. The molecule has 100 valence electrons. The summed E-state index contributed by atoms with van der Waals surface area (Å²) in [6.45, 7) is 4.84. The molecule has 4 N–H and O–H groups in total. The van der Waals surface area contributed by atoms with Crippen molar-refractivity contribution in [1.29, 1.82) is 0 Å². The fraction of sp³-hybridized carbons (Fsp3) is 0.308. The van der Waals surface area contributed by atoms with E-state index >= 15 is 0 Å². The summed E-state index contributed by atoms with van der Waals surface area (Å²) in [4.78, 5) is 12.6. The normalized spacial score (nSPS) is 10.2. The molecule has 0 aliphatic rings. The molecule has 19 heavy (non-hydrogen) atoms. The van der Waals surface area contributed by atoms with E-state index in [1.165, 1.54) is 6.33 Å². The monoisotopic (exact) mass is 258 g/mol. The molecule has 0 amide bonds. The van der Waals surface area contributed by atoms with Gasteiger partial charge in [0.2, 0.25) is 0 Å². The average molecular weight is 258 g/mol. The van der Waals surface area contributed by atoms with Gasteiger partial charge < -0.3 is 16.4 Å². The Morgan fingerprint density at radius 1 is 1.21 bits per heavy atom. The van der Waals surface area contributed by atoms with Crippen LogP contribution in [-0.4, -0.2) is 21.5 Å². The number of hydrogen-bond acceptors (Lipinski definition) is 6. The molecule has 6 heteroatoms. The Morgan fingerprint density at radius 2 is 2.00 bits per heavy atom. The fourth-order valence-corrected chi connectivity index (χ4v) is 1.61. The number of rotatable bonds is 5. The van der Waals surface area contributed by atoms with Crippen molar-refractivity contribution in [3.63, 3.8) is 0 Å². The Labute approximate surface area is 112 Å². The van der Waals surface area contributed by atoms with E-state index in [1.807, 2.05) is 25.1 Å². The maximum atomic E-state index is 6.03. The van der Waals surface area contributed by atoms with Crippen LogP contribution in [0.15, 0.2) is 24.5 Å². The van der Waals surface area contributed by atoms with E-state index in [1.54, 1.807) is 0 Å². The van der Waals surface area contributed by atoms with E-state index in [0.717, 1.165) is 18.7 Å². The summed E-state index contributed by atoms with van der Waals surface area (Å²) < 4.78 is 0. The molecule has 0 bridgehead atoms. The topological polar surface area (TPSA) is 88.8 Å². The van der Waals surface area contributed by atoms with Gasteiger partial charge >= 0.3 is 0 Å². The van der Waals surface area contributed by atoms with E-state index in [9.17, 15) is 0 Å². The molecule has 2 heterocycles. The van der Waals surface area contributed by atoms with E-state index in [4.69, 9.17) is 5.73 Å². The number of nitrogens with zero attached hydrogens (tertiary/aromatic N) is 3. The lowest BCUT2D eigenvalue weighted by Gasteiger charge is -2.11. The fourth-order valence-electron chi connectivity index (χ4n) is 1.61. The highest BCUT2D eigenvalue weighted by Crippen LogP contribution is 2.24. The first-order valence-corrected chi connectivity index (χ1v) is 6.25. The number of nitrogens with one attached hydrogen (secondary N) is 2. The molecular formula is C13H18N6. The van der Waals surface area contributed by atoms with Crippen molar-refractivity contribution < 1.29 is 0 Å². The van der Waals surface area contributed by atoms with Crippen LogP contribution >= 0.6 is 0 Å². The molecule has 0 unspecified atom stereocenters. The third-order valence-corrected chi connectivity index (χ3v) is 2.56. The number of aromatic nitrogens is 3. The maximum Gasteiger partial charge on any atom is 0.160 e. The zero-order valence-corrected chi connectivity index (χ0v) is 11.1. The van der Waals surface area contributed by atoms with Crippen LogP contribution in [0, 0.1) is 6.92 Å². The predicted molar refractivity (Wildman–Crippen MR) is 77.5 cm³/mol. The summed E-state index contributed by atoms with van der Waals surface area (Å²) in [5, 5.41) is 6.27. The molecule has 0 aliphatic heterocycles. The Morgan fingerprint density at radius 3 is 2.74 bits per heavy atom. The van der Waals surface area contributed by atoms with E-state index < -0.39 is 0 Å². The smallest absolute Gasteiger partial charge is 0.160 e. The first kappa shape index (κ1) is 13.1. The van der Waals surface area contributed by atoms with E-state index in [-0.39, 0.29) is 0 Å². The zero-order chi connectivity index (χ0) is 13.7. The minimum Gasteiger partial charge on any atom is -0.393 e. The van der Waals surface area contributed by atoms with Crippen LogP contribution in [0.3, 0.4) is 0 Å². The third kappa shape index (κ3) is 3.31. The van der Waals surface area contributed by atoms with Crippen LogP contribution in [-0.2, 0) is 0 Å². The minimum atomic E-state index is 0.499. The summed E-state index contributed by atoms with van der Waals surface area (Å²) in [7, 11) is 0. The minimum absolute atomic E-state index is 0.499. The Bertz CT molecular complexity index is 555. The molecule has 0 fully saturated rings. The van der Waals surface area contributed by atoms with Gasteiger partial charge in [-0.1, -0.05) is 13.0 Å². The van der Waals surface area contributed by atoms with Crippen molar-refractivity contribution >= 4 is 23.1 Å². The van der Waals surface area contributed by atoms with Gasteiger partial charge in [0, 0.05) is 12.2 Å². The van der Waals surface area contributed by atoms with Gasteiger partial charge in [-0.25, -0.2) is 15.0 Å². The molecule has 0 saturated carbocycles. The van der Waals surface area contributed by atoms with Gasteiger partial charge in [0.1, 0.15) is 17.8 Å². The quantitative estimate of drug-likeness (QED) is 0.762. The molecule has 2 rings (SSSR count). The van der Waals surface area contributed by atoms with Crippen molar-refractivity contribution in [1.82, 2.24) is 15.0 Å². The second kappa shape index (κ2) is 5.99. The van der Waals surface area contributed by atoms with Crippen LogP contribution in [0.25, 0.3) is 0 Å². The number of nitrogens with two attached hydrogens (primary N) is 1. The van der Waals surface area contributed by atoms with Crippen LogP contribution in [0.2, 0.25) is 0 Å². The van der Waals surface area contributed by atoms with Gasteiger partial charge in [0.25, 0.3) is 0 Å². The van der Waals surface area contributed by atoms with Crippen LogP contribution < -0.4 is 16.4 Å². The number of nitrogen functional groups attached to an aromatic ring is 1. The van der Waals surface area contributed by atoms with Crippen LogP contribution in [0.4, 0.5) is 23.1 Å². The lowest BCUT2D eigenvalue weighted by molar-refractivity contribution is 0.966. The van der Waals surface area contributed by atoms with Gasteiger partial charge in [0.15, 0.2) is 11.6 Å². The van der Waals surface area contributed by atoms with Crippen LogP contribution in [0.1, 0.15) is 19.0 Å². The highest BCUT2D eigenvalue weighted by molar-refractivity contribution is 5.76. The molecule has 0 saturated heterocycles. The highest BCUT2D eigenvalue weighted by atomic mass is 15.1. The molecule has 0 radical (unpaired) electrons. The first-order chi connectivity index (χ1) is 9.20. The van der Waals surface area contributed by atoms with Gasteiger partial charge in [0.05, 0.1) is 0 Å². The second-order valence-corrected chi connectivity index (χ2v) is 4.20. The molecule has 0 atom stereocenters. The van der Waals surface area contributed by atoms with Crippen molar-refractivity contribution in [2.75, 3.05) is 22.9 Å². The lowest BCUT2D eigenvalue weighted by Crippen LogP contribution is -2.09. The molecule has 0 aliphatic carbocycles. The Hall–Kier alpha value is -2.37. The Balaban J connectivity index is 2.20. The van der Waals surface area contributed by atoms with Crippen molar-refractivity contribution in [2.24, 2.45) is 0 Å². The van der Waals surface area contributed by atoms with E-state index in [0.29, 0.717) is 23.1 Å². The predicted octanol–water partition coefficient (Wildman–Crippen LogP) is 2.33. The van der Waals surface area contributed by atoms with Gasteiger partial charge in [-0.15, -0.1) is 0 Å². The van der Waals surface area contributed by atoms with Crippen LogP contribution in [0.5, 0.6) is 0 Å². The van der Waals surface area contributed by atoms with Crippen molar-refractivity contribution in [3.8, 4) is 0 Å². The van der Waals surface area contributed by atoms with E-state index in [2.05, 4.69) is 32.5 Å². The molecular weight excluding hydrogens is 240 g/mol. The standard InChI is InChI=1S/C13H18N6/c1-3-7-15-12-11(14)13(17-8-16-12)19-10-6-4-5-9(2)18-10/h4-6,8H,3,7,14H2,1-2H3,(H2,15,16,17,18,19). The molecule has 0 aromatic carbocycles. The number of hydrogen-bond donors (Lipinski definition) is 3. The highest BCUT2D eigenvalue weighted by Gasteiger charge is 2.08. The third-order valence-electron chi connectivity index (χ3n) is 2.56. The van der Waals surface area contributed by atoms with Gasteiger partial charge in [-0.3, -0.25) is 0 Å². The maximum absolute atomic E-state index is 6.03. The largest absolute Gasteiger partial charge is 0.393 e. The molecule has 2 aromatic heterocycles. The summed E-state index contributed by atoms with van der Waals surface area (Å²) >= 11 is 0. The number of pyridine rings is 1. The Kier molecular flexibility index (Phi) is 4.12. The van der Waals surface area contributed by atoms with Crippen molar-refractivity contribution in [3.05, 3.63) is 30.2 Å². The number of anilines is 4. The molecule has 6 nitrogen and oxygen atoms in total. The average Bonchev–Trinajstić information content (AvgIpc) is 2.40. The molecule has 2 aromatic rings. The summed E-state index contributed by atoms with van der Waals surface area (Å²) in [5.74, 6) is 1.92. The number of aryl methyl sites for hydroxylation is 1.